The highest BCUT2D eigenvalue weighted by molar-refractivity contribution is 9.11. The fourth-order valence-corrected chi connectivity index (χ4v) is 7.58. The summed E-state index contributed by atoms with van der Waals surface area (Å²) < 4.78 is 32.6. The molecule has 0 radical (unpaired) electrons. The van der Waals surface area contributed by atoms with Gasteiger partial charge in [0.2, 0.25) is 5.75 Å². The molecule has 0 saturated carbocycles. The van der Waals surface area contributed by atoms with Gasteiger partial charge in [-0.25, -0.2) is 8.42 Å². The maximum Gasteiger partial charge on any atom is 0.312 e. The van der Waals surface area contributed by atoms with Crippen LogP contribution >= 0.6 is 43.6 Å². The topological polar surface area (TPSA) is 133 Å². The number of ether oxygens (including phenoxy) is 1. The average molecular weight is 668 g/mol. The van der Waals surface area contributed by atoms with Crippen molar-refractivity contribution in [2.45, 2.75) is 22.5 Å². The van der Waals surface area contributed by atoms with E-state index in [0.717, 1.165) is 18.7 Å². The third kappa shape index (κ3) is 6.12. The first-order chi connectivity index (χ1) is 17.4. The summed E-state index contributed by atoms with van der Waals surface area (Å²) in [6.45, 7) is 1.13. The van der Waals surface area contributed by atoms with Gasteiger partial charge in [0.25, 0.3) is 5.91 Å². The van der Waals surface area contributed by atoms with Crippen molar-refractivity contribution in [1.82, 2.24) is 0 Å². The van der Waals surface area contributed by atoms with E-state index in [9.17, 15) is 28.1 Å². The van der Waals surface area contributed by atoms with Crippen LogP contribution in [0.25, 0.3) is 6.08 Å². The van der Waals surface area contributed by atoms with Crippen molar-refractivity contribution < 1.29 is 27.7 Å². The van der Waals surface area contributed by atoms with Crippen molar-refractivity contribution in [3.8, 4) is 5.75 Å². The Bertz CT molecular complexity index is 1580. The maximum absolute atomic E-state index is 13.2. The molecule has 4 rings (SSSR count). The van der Waals surface area contributed by atoms with E-state index >= 15 is 0 Å². The molecule has 1 amide bonds. The molecule has 37 heavy (non-hydrogen) atoms. The smallest absolute Gasteiger partial charge is 0.312 e. The number of fused-ring (bicyclic) bond motifs is 1. The van der Waals surface area contributed by atoms with Gasteiger partial charge in [-0.1, -0.05) is 55.8 Å². The molecule has 1 N–H and O–H groups in total. The number of amides is 1. The van der Waals surface area contributed by atoms with Gasteiger partial charge in [0.1, 0.15) is 0 Å². The number of benzene rings is 3. The Labute approximate surface area is 232 Å². The number of halogens is 2. The Hall–Kier alpha value is -3.00. The van der Waals surface area contributed by atoms with E-state index in [1.807, 2.05) is 0 Å². The van der Waals surface area contributed by atoms with Crippen molar-refractivity contribution in [3.05, 3.63) is 89.7 Å². The van der Waals surface area contributed by atoms with Crippen molar-refractivity contribution in [2.75, 3.05) is 5.32 Å². The van der Waals surface area contributed by atoms with Crippen molar-refractivity contribution >= 4 is 82.8 Å². The van der Waals surface area contributed by atoms with Gasteiger partial charge >= 0.3 is 11.7 Å². The number of nitro benzene ring substituents is 1. The third-order valence-corrected chi connectivity index (χ3v) is 9.34. The number of nitrogens with zero attached hydrogens (tertiary/aromatic N) is 1. The highest BCUT2D eigenvalue weighted by atomic mass is 79.9. The van der Waals surface area contributed by atoms with Gasteiger partial charge in [-0.05, 0) is 53.6 Å². The fraction of sp³-hybridized carbons (Fsp3) is 0.0833. The predicted molar refractivity (Wildman–Crippen MR) is 146 cm³/mol. The highest BCUT2D eigenvalue weighted by Crippen LogP contribution is 2.41. The van der Waals surface area contributed by atoms with Crippen LogP contribution in [0.5, 0.6) is 5.75 Å². The number of carbonyl (C=O) groups excluding carboxylic acids is 2. The molecule has 0 fully saturated rings. The number of hydrogen-bond donors (Lipinski definition) is 1. The molecular weight excluding hydrogens is 652 g/mol. The Morgan fingerprint density at radius 1 is 1.14 bits per heavy atom. The predicted octanol–water partition coefficient (Wildman–Crippen LogP) is 6.10. The van der Waals surface area contributed by atoms with E-state index in [1.54, 1.807) is 18.2 Å². The SMILES string of the molecule is CC(=O)Oc1ccc(/C=C2/Sc3cc(S(=O)(=O)Cc4c(Br)cccc4Br)ccc3NC2=O)cc1[N+](=O)[O-]. The lowest BCUT2D eigenvalue weighted by molar-refractivity contribution is -0.385. The van der Waals surface area contributed by atoms with Gasteiger partial charge in [-0.2, -0.15) is 0 Å². The van der Waals surface area contributed by atoms with Crippen LogP contribution in [0.1, 0.15) is 18.1 Å². The van der Waals surface area contributed by atoms with Gasteiger partial charge in [0.05, 0.1) is 26.2 Å². The van der Waals surface area contributed by atoms with Crippen LogP contribution in [0.4, 0.5) is 11.4 Å². The number of anilines is 1. The molecule has 190 valence electrons. The summed E-state index contributed by atoms with van der Waals surface area (Å²) in [5.74, 6) is -1.61. The highest BCUT2D eigenvalue weighted by Gasteiger charge is 2.26. The molecule has 0 aliphatic carbocycles. The second kappa shape index (κ2) is 10.8. The first kappa shape index (κ1) is 27.0. The molecule has 1 aliphatic rings. The van der Waals surface area contributed by atoms with E-state index in [4.69, 9.17) is 4.74 Å². The zero-order valence-electron chi connectivity index (χ0n) is 18.9. The average Bonchev–Trinajstić information content (AvgIpc) is 2.82. The number of rotatable bonds is 6. The molecule has 0 saturated heterocycles. The van der Waals surface area contributed by atoms with Crippen LogP contribution in [0.15, 0.2) is 78.2 Å². The van der Waals surface area contributed by atoms with Crippen LogP contribution in [-0.4, -0.2) is 25.2 Å². The largest absolute Gasteiger partial charge is 0.419 e. The van der Waals surface area contributed by atoms with E-state index in [2.05, 4.69) is 37.2 Å². The molecule has 0 bridgehead atoms. The summed E-state index contributed by atoms with van der Waals surface area (Å²) in [6.07, 6.45) is 1.44. The standard InChI is InChI=1S/C24H16Br2N2O7S2/c1-13(29)35-21-8-5-14(9-20(21)28(31)32)10-23-24(30)27-19-7-6-15(11-22(19)36-23)37(33,34)12-16-17(25)3-2-4-18(16)26/h2-11H,12H2,1H3,(H,27,30)/b23-10+. The van der Waals surface area contributed by atoms with Gasteiger partial charge < -0.3 is 10.1 Å². The first-order valence-electron chi connectivity index (χ1n) is 10.4. The van der Waals surface area contributed by atoms with Crippen LogP contribution in [0, 0.1) is 10.1 Å². The molecule has 1 heterocycles. The zero-order valence-corrected chi connectivity index (χ0v) is 23.7. The third-order valence-electron chi connectivity index (χ3n) is 5.13. The summed E-state index contributed by atoms with van der Waals surface area (Å²) in [6, 6.07) is 13.7. The van der Waals surface area contributed by atoms with Crippen molar-refractivity contribution in [3.63, 3.8) is 0 Å². The van der Waals surface area contributed by atoms with E-state index in [1.165, 1.54) is 42.5 Å². The number of sulfone groups is 1. The van der Waals surface area contributed by atoms with Gasteiger partial charge in [-0.15, -0.1) is 0 Å². The van der Waals surface area contributed by atoms with Crippen molar-refractivity contribution in [1.29, 1.82) is 0 Å². The molecule has 3 aromatic rings. The number of nitrogens with one attached hydrogen (secondary N) is 1. The lowest BCUT2D eigenvalue weighted by Gasteiger charge is -2.19. The molecule has 0 aromatic heterocycles. The number of carbonyl (C=O) groups is 2. The zero-order chi connectivity index (χ0) is 26.9. The molecule has 0 atom stereocenters. The minimum absolute atomic E-state index is 0.0817. The number of hydrogen-bond acceptors (Lipinski definition) is 8. The second-order valence-corrected chi connectivity index (χ2v) is 12.5. The second-order valence-electron chi connectivity index (χ2n) is 7.76. The first-order valence-corrected chi connectivity index (χ1v) is 14.5. The molecule has 9 nitrogen and oxygen atoms in total. The number of esters is 1. The van der Waals surface area contributed by atoms with Crippen LogP contribution in [0.3, 0.4) is 0 Å². The van der Waals surface area contributed by atoms with Crippen LogP contribution in [0.2, 0.25) is 0 Å². The fourth-order valence-electron chi connectivity index (χ4n) is 3.43. The summed E-state index contributed by atoms with van der Waals surface area (Å²) >= 11 is 7.82. The van der Waals surface area contributed by atoms with Crippen molar-refractivity contribution in [2.24, 2.45) is 0 Å². The van der Waals surface area contributed by atoms with E-state index in [0.29, 0.717) is 30.7 Å². The van der Waals surface area contributed by atoms with Gasteiger partial charge in [0, 0.05) is 26.8 Å². The summed E-state index contributed by atoms with van der Waals surface area (Å²) in [7, 11) is -3.73. The lowest BCUT2D eigenvalue weighted by Crippen LogP contribution is -2.17. The Kier molecular flexibility index (Phi) is 7.88. The normalized spacial score (nSPS) is 14.1. The Balaban J connectivity index is 1.65. The monoisotopic (exact) mass is 666 g/mol. The van der Waals surface area contributed by atoms with E-state index < -0.39 is 32.3 Å². The molecule has 0 spiro atoms. The maximum atomic E-state index is 13.2. The Morgan fingerprint density at radius 2 is 1.84 bits per heavy atom. The molecule has 3 aromatic carbocycles. The van der Waals surface area contributed by atoms with Crippen LogP contribution in [-0.2, 0) is 25.2 Å². The summed E-state index contributed by atoms with van der Waals surface area (Å²) in [5, 5.41) is 14.1. The minimum Gasteiger partial charge on any atom is -0.419 e. The summed E-state index contributed by atoms with van der Waals surface area (Å²) in [5.41, 5.74) is 0.925. The molecule has 0 unspecified atom stereocenters. The van der Waals surface area contributed by atoms with Gasteiger partial charge in [0.15, 0.2) is 9.84 Å². The molecular formula is C24H16Br2N2O7S2. The lowest BCUT2D eigenvalue weighted by atomic mass is 10.1. The van der Waals surface area contributed by atoms with E-state index in [-0.39, 0.29) is 21.3 Å². The minimum atomic E-state index is -3.73. The number of thioether (sulfide) groups is 1. The summed E-state index contributed by atoms with van der Waals surface area (Å²) in [4.78, 5) is 35.4. The van der Waals surface area contributed by atoms with Crippen LogP contribution < -0.4 is 10.1 Å². The molecule has 13 heteroatoms. The Morgan fingerprint density at radius 3 is 2.49 bits per heavy atom. The molecule has 1 aliphatic heterocycles. The van der Waals surface area contributed by atoms with Gasteiger partial charge in [-0.3, -0.25) is 19.7 Å². The quantitative estimate of drug-likeness (QED) is 0.110. The number of nitro groups is 1.